The highest BCUT2D eigenvalue weighted by Gasteiger charge is 2.30. The van der Waals surface area contributed by atoms with Crippen molar-refractivity contribution in [2.45, 2.75) is 12.5 Å². The van der Waals surface area contributed by atoms with Crippen molar-refractivity contribution in [3.63, 3.8) is 0 Å². The minimum absolute atomic E-state index is 0.111. The van der Waals surface area contributed by atoms with Crippen molar-refractivity contribution in [2.75, 3.05) is 32.1 Å². The van der Waals surface area contributed by atoms with E-state index in [1.807, 2.05) is 31.1 Å². The van der Waals surface area contributed by atoms with Gasteiger partial charge in [0.05, 0.1) is 6.54 Å². The first kappa shape index (κ1) is 16.0. The van der Waals surface area contributed by atoms with E-state index in [-0.39, 0.29) is 23.1 Å². The summed E-state index contributed by atoms with van der Waals surface area (Å²) in [5.41, 5.74) is -0.206. The fraction of sp³-hybridized carbons (Fsp3) is 0.353. The third kappa shape index (κ3) is 3.24. The number of aromatic amines is 1. The Hall–Kier alpha value is -2.83. The van der Waals surface area contributed by atoms with Crippen LogP contribution in [0.2, 0.25) is 0 Å². The lowest BCUT2D eigenvalue weighted by Gasteiger charge is -2.20. The molecule has 1 atom stereocenters. The van der Waals surface area contributed by atoms with Gasteiger partial charge in [-0.2, -0.15) is 0 Å². The summed E-state index contributed by atoms with van der Waals surface area (Å²) in [6, 6.07) is 6.89. The number of hydrogen-bond donors (Lipinski definition) is 1. The minimum Gasteiger partial charge on any atom is -0.485 e. The quantitative estimate of drug-likeness (QED) is 0.910. The van der Waals surface area contributed by atoms with Crippen LogP contribution in [0.25, 0.3) is 0 Å². The van der Waals surface area contributed by atoms with Crippen LogP contribution in [0.15, 0.2) is 41.5 Å². The van der Waals surface area contributed by atoms with Gasteiger partial charge in [-0.15, -0.1) is 0 Å². The molecule has 3 heterocycles. The van der Waals surface area contributed by atoms with E-state index in [9.17, 15) is 9.59 Å². The number of carbonyl (C=O) groups excluding carboxylic acids is 1. The molecule has 2 aromatic heterocycles. The van der Waals surface area contributed by atoms with Crippen molar-refractivity contribution < 1.29 is 9.53 Å². The van der Waals surface area contributed by atoms with Crippen molar-refractivity contribution in [1.82, 2.24) is 14.9 Å². The summed E-state index contributed by atoms with van der Waals surface area (Å²) >= 11 is 0. The second-order valence-electron chi connectivity index (χ2n) is 5.91. The normalized spacial score (nSPS) is 16.9. The Morgan fingerprint density at radius 3 is 2.96 bits per heavy atom. The Balaban J connectivity index is 1.69. The highest BCUT2D eigenvalue weighted by molar-refractivity contribution is 5.94. The number of carbonyl (C=O) groups is 1. The van der Waals surface area contributed by atoms with Crippen LogP contribution in [0.5, 0.6) is 5.75 Å². The van der Waals surface area contributed by atoms with Gasteiger partial charge >= 0.3 is 0 Å². The summed E-state index contributed by atoms with van der Waals surface area (Å²) in [5.74, 6) is 1.18. The van der Waals surface area contributed by atoms with E-state index in [0.29, 0.717) is 18.8 Å². The molecule has 0 saturated carbocycles. The van der Waals surface area contributed by atoms with Crippen LogP contribution in [0.3, 0.4) is 0 Å². The fourth-order valence-corrected chi connectivity index (χ4v) is 2.76. The van der Waals surface area contributed by atoms with E-state index in [1.54, 1.807) is 23.2 Å². The summed E-state index contributed by atoms with van der Waals surface area (Å²) < 4.78 is 6.03. The van der Waals surface area contributed by atoms with E-state index in [2.05, 4.69) is 9.97 Å². The summed E-state index contributed by atoms with van der Waals surface area (Å²) in [4.78, 5) is 34.6. The van der Waals surface area contributed by atoms with Crippen molar-refractivity contribution in [3.8, 4) is 5.75 Å². The molecule has 2 aromatic rings. The van der Waals surface area contributed by atoms with E-state index >= 15 is 0 Å². The molecular formula is C17H20N4O3. The first-order chi connectivity index (χ1) is 11.6. The number of ether oxygens (including phenoxy) is 1. The first-order valence-corrected chi connectivity index (χ1v) is 7.82. The Morgan fingerprint density at radius 1 is 1.38 bits per heavy atom. The summed E-state index contributed by atoms with van der Waals surface area (Å²) in [6.45, 7) is 1.02. The van der Waals surface area contributed by atoms with Crippen molar-refractivity contribution >= 4 is 11.7 Å². The van der Waals surface area contributed by atoms with Gasteiger partial charge in [-0.1, -0.05) is 0 Å². The summed E-state index contributed by atoms with van der Waals surface area (Å²) in [6.07, 6.45) is 3.84. The van der Waals surface area contributed by atoms with Crippen LogP contribution in [-0.2, 0) is 0 Å². The number of nitrogens with one attached hydrogen (secondary N) is 1. The van der Waals surface area contributed by atoms with Crippen LogP contribution in [-0.4, -0.2) is 54.1 Å². The summed E-state index contributed by atoms with van der Waals surface area (Å²) in [5, 5.41) is 0. The smallest absolute Gasteiger partial charge is 0.260 e. The Kier molecular flexibility index (Phi) is 4.50. The van der Waals surface area contributed by atoms with Crippen molar-refractivity contribution in [3.05, 3.63) is 52.6 Å². The largest absolute Gasteiger partial charge is 0.485 e. The lowest BCUT2D eigenvalue weighted by Crippen LogP contribution is -2.34. The minimum atomic E-state index is -0.367. The van der Waals surface area contributed by atoms with Gasteiger partial charge in [0.1, 0.15) is 11.7 Å². The fourth-order valence-electron chi connectivity index (χ4n) is 2.76. The Morgan fingerprint density at radius 2 is 2.21 bits per heavy atom. The molecule has 1 aliphatic rings. The van der Waals surface area contributed by atoms with E-state index in [1.165, 1.54) is 6.20 Å². The van der Waals surface area contributed by atoms with Crippen LogP contribution >= 0.6 is 0 Å². The molecule has 1 unspecified atom stereocenters. The third-order valence-electron chi connectivity index (χ3n) is 3.95. The zero-order valence-electron chi connectivity index (χ0n) is 13.7. The van der Waals surface area contributed by atoms with Crippen molar-refractivity contribution in [1.29, 1.82) is 0 Å². The molecule has 126 valence electrons. The molecule has 1 fully saturated rings. The second kappa shape index (κ2) is 6.74. The number of likely N-dealkylation sites (tertiary alicyclic amines) is 1. The second-order valence-corrected chi connectivity index (χ2v) is 5.91. The molecule has 0 aromatic carbocycles. The molecule has 7 nitrogen and oxygen atoms in total. The molecule has 0 radical (unpaired) electrons. The first-order valence-electron chi connectivity index (χ1n) is 7.82. The highest BCUT2D eigenvalue weighted by Crippen LogP contribution is 2.26. The molecule has 3 rings (SSSR count). The Labute approximate surface area is 139 Å². The van der Waals surface area contributed by atoms with Crippen molar-refractivity contribution in [2.24, 2.45) is 0 Å². The predicted molar refractivity (Wildman–Crippen MR) is 90.6 cm³/mol. The highest BCUT2D eigenvalue weighted by atomic mass is 16.5. The predicted octanol–water partition coefficient (Wildman–Crippen LogP) is 1.13. The van der Waals surface area contributed by atoms with E-state index in [0.717, 1.165) is 12.2 Å². The zero-order valence-corrected chi connectivity index (χ0v) is 13.7. The number of nitrogens with zero attached hydrogens (tertiary/aromatic N) is 3. The lowest BCUT2D eigenvalue weighted by atomic mass is 10.2. The van der Waals surface area contributed by atoms with Gasteiger partial charge < -0.3 is 19.5 Å². The van der Waals surface area contributed by atoms with Crippen LogP contribution in [0.1, 0.15) is 16.8 Å². The van der Waals surface area contributed by atoms with Crippen LogP contribution < -0.4 is 15.2 Å². The topological polar surface area (TPSA) is 78.5 Å². The molecule has 24 heavy (non-hydrogen) atoms. The van der Waals surface area contributed by atoms with E-state index in [4.69, 9.17) is 4.74 Å². The molecule has 0 aliphatic carbocycles. The van der Waals surface area contributed by atoms with Gasteiger partial charge in [0.25, 0.3) is 11.5 Å². The molecule has 1 saturated heterocycles. The summed E-state index contributed by atoms with van der Waals surface area (Å²) in [7, 11) is 3.81. The van der Waals surface area contributed by atoms with Gasteiger partial charge in [-0.05, 0) is 24.3 Å². The molecule has 7 heteroatoms. The van der Waals surface area contributed by atoms with Gasteiger partial charge in [-0.3, -0.25) is 9.59 Å². The van der Waals surface area contributed by atoms with Crippen LogP contribution in [0.4, 0.5) is 5.82 Å². The average molecular weight is 328 g/mol. The van der Waals surface area contributed by atoms with Crippen LogP contribution in [0, 0.1) is 0 Å². The lowest BCUT2D eigenvalue weighted by molar-refractivity contribution is 0.0770. The average Bonchev–Trinajstić information content (AvgIpc) is 3.03. The maximum atomic E-state index is 12.5. The maximum Gasteiger partial charge on any atom is 0.260 e. The van der Waals surface area contributed by atoms with Gasteiger partial charge in [0.2, 0.25) is 0 Å². The molecule has 0 bridgehead atoms. The number of rotatable bonds is 4. The monoisotopic (exact) mass is 328 g/mol. The number of pyridine rings is 2. The maximum absolute atomic E-state index is 12.5. The number of amides is 1. The molecule has 1 aliphatic heterocycles. The van der Waals surface area contributed by atoms with Gasteiger partial charge in [0, 0.05) is 39.5 Å². The van der Waals surface area contributed by atoms with E-state index < -0.39 is 0 Å². The molecule has 1 amide bonds. The SMILES string of the molecule is CN(C)c1ncccc1OC1CCN(C(=O)c2ccc[nH]c2=O)C1. The van der Waals surface area contributed by atoms with Gasteiger partial charge in [0.15, 0.2) is 11.6 Å². The number of hydrogen-bond acceptors (Lipinski definition) is 5. The number of H-pyrrole nitrogens is 1. The molecular weight excluding hydrogens is 308 g/mol. The van der Waals surface area contributed by atoms with Gasteiger partial charge in [-0.25, -0.2) is 4.98 Å². The molecule has 1 N–H and O–H groups in total. The third-order valence-corrected chi connectivity index (χ3v) is 3.95. The standard InChI is InChI=1S/C17H20N4O3/c1-20(2)15-14(6-4-8-18-15)24-12-7-10-21(11-12)17(23)13-5-3-9-19-16(13)22/h3-6,8-9,12H,7,10-11H2,1-2H3,(H,19,22). The Bertz CT molecular complexity index is 787. The molecule has 0 spiro atoms. The number of anilines is 1. The number of aromatic nitrogens is 2. The zero-order chi connectivity index (χ0) is 17.1.